The van der Waals surface area contributed by atoms with E-state index in [9.17, 15) is 16.9 Å². The number of nitrogens with zero attached hydrogens (tertiary/aromatic N) is 2. The molecule has 0 bridgehead atoms. The quantitative estimate of drug-likeness (QED) is 0.379. The SMILES string of the molecule is Cc1cccc([N+]#N)c1.[F][Sb-]([F])([F])([F])([F])[F]. The van der Waals surface area contributed by atoms with Gasteiger partial charge in [0.05, 0.1) is 0 Å². The van der Waals surface area contributed by atoms with E-state index in [0.717, 1.165) is 5.56 Å². The fourth-order valence-corrected chi connectivity index (χ4v) is 0.690. The van der Waals surface area contributed by atoms with Crippen molar-refractivity contribution in [3.05, 3.63) is 34.8 Å². The third kappa shape index (κ3) is 15.5. The minimum absolute atomic E-state index is 0.606. The van der Waals surface area contributed by atoms with Crippen LogP contribution in [0.2, 0.25) is 0 Å². The topological polar surface area (TPSA) is 28.1 Å². The molecule has 1 aromatic carbocycles. The van der Waals surface area contributed by atoms with Crippen molar-refractivity contribution in [2.75, 3.05) is 0 Å². The van der Waals surface area contributed by atoms with Gasteiger partial charge in [0.2, 0.25) is 5.39 Å². The standard InChI is InChI=1S/C7H7N2.6FH.Sb/c1-6-3-2-4-7(5-6)9-8;;;;;;;/h2-5H,1H3;6*1H;/q+1;;;;;;;+5/p-6. The molecule has 16 heavy (non-hydrogen) atoms. The second kappa shape index (κ2) is 3.81. The number of hydrogen-bond acceptors (Lipinski definition) is 1. The summed E-state index contributed by atoms with van der Waals surface area (Å²) in [6, 6.07) is 7.35. The normalized spacial score (nSPS) is 14.9. The molecule has 0 radical (unpaired) electrons. The average Bonchev–Trinajstić information content (AvgIpc) is 1.98. The van der Waals surface area contributed by atoms with E-state index < -0.39 is 19.5 Å². The molecule has 0 atom stereocenters. The third-order valence-electron chi connectivity index (χ3n) is 1.12. The van der Waals surface area contributed by atoms with Gasteiger partial charge in [-0.3, -0.25) is 0 Å². The first kappa shape index (κ1) is 15.0. The van der Waals surface area contributed by atoms with Gasteiger partial charge in [-0.1, -0.05) is 12.1 Å². The Morgan fingerprint density at radius 1 is 1.06 bits per heavy atom. The molecule has 92 valence electrons. The van der Waals surface area contributed by atoms with E-state index in [0.29, 0.717) is 5.69 Å². The van der Waals surface area contributed by atoms with Gasteiger partial charge in [-0.25, -0.2) is 0 Å². The van der Waals surface area contributed by atoms with Crippen LogP contribution in [-0.4, -0.2) is 19.5 Å². The Labute approximate surface area is 89.4 Å². The summed E-state index contributed by atoms with van der Waals surface area (Å²) in [5, 5.41) is 8.29. The van der Waals surface area contributed by atoms with Crippen molar-refractivity contribution in [3.63, 3.8) is 0 Å². The monoisotopic (exact) mass is 354 g/mol. The van der Waals surface area contributed by atoms with Gasteiger partial charge in [-0.15, -0.1) is 0 Å². The van der Waals surface area contributed by atoms with Gasteiger partial charge < -0.3 is 0 Å². The zero-order valence-electron chi connectivity index (χ0n) is 7.92. The molecule has 0 fully saturated rings. The van der Waals surface area contributed by atoms with Gasteiger partial charge in [0.15, 0.2) is 4.98 Å². The molecule has 1 aromatic rings. The molecule has 0 unspecified atom stereocenters. The number of aryl methyl sites for hydroxylation is 1. The number of benzene rings is 1. The van der Waals surface area contributed by atoms with Crippen LogP contribution in [0.15, 0.2) is 24.3 Å². The molecular weight excluding hydrogens is 348 g/mol. The van der Waals surface area contributed by atoms with Crippen LogP contribution in [-0.2, 0) is 0 Å². The Bertz CT molecular complexity index is 406. The van der Waals surface area contributed by atoms with Gasteiger partial charge in [0, 0.05) is 12.1 Å². The molecule has 0 saturated carbocycles. The second-order valence-corrected chi connectivity index (χ2v) is 8.37. The molecule has 2 nitrogen and oxygen atoms in total. The summed E-state index contributed by atoms with van der Waals surface area (Å²) in [5.74, 6) is 0. The van der Waals surface area contributed by atoms with Gasteiger partial charge in [0.1, 0.15) is 0 Å². The summed E-state index contributed by atoms with van der Waals surface area (Å²) >= 11 is -11.2. The Kier molecular flexibility index (Phi) is 3.58. The second-order valence-electron chi connectivity index (χ2n) is 2.90. The molecule has 0 spiro atoms. The van der Waals surface area contributed by atoms with Gasteiger partial charge in [-0.05, 0) is 12.5 Å². The fourth-order valence-electron chi connectivity index (χ4n) is 0.690. The zero-order valence-corrected chi connectivity index (χ0v) is 10.5. The molecule has 0 aliphatic carbocycles. The molecule has 0 aliphatic rings. The van der Waals surface area contributed by atoms with Crippen LogP contribution in [0, 0.1) is 12.3 Å². The first-order valence-electron chi connectivity index (χ1n) is 3.76. The van der Waals surface area contributed by atoms with Crippen molar-refractivity contribution in [2.24, 2.45) is 0 Å². The molecule has 0 N–H and O–H groups in total. The van der Waals surface area contributed by atoms with Crippen LogP contribution in [0.25, 0.3) is 4.98 Å². The van der Waals surface area contributed by atoms with E-state index in [1.807, 2.05) is 19.1 Å². The van der Waals surface area contributed by atoms with Gasteiger partial charge >= 0.3 is 42.0 Å². The third-order valence-corrected chi connectivity index (χ3v) is 1.12. The molecule has 9 heteroatoms. The van der Waals surface area contributed by atoms with E-state index >= 15 is 0 Å². The van der Waals surface area contributed by atoms with Crippen LogP contribution >= 0.6 is 0 Å². The van der Waals surface area contributed by atoms with Gasteiger partial charge in [-0.2, -0.15) is 0 Å². The van der Waals surface area contributed by atoms with Crippen LogP contribution in [0.3, 0.4) is 0 Å². The fraction of sp³-hybridized carbons (Fsp3) is 0.143. The number of rotatable bonds is 0. The number of hydrogen-bond donors (Lipinski definition) is 0. The van der Waals surface area contributed by atoms with E-state index in [4.69, 9.17) is 5.39 Å². The zero-order chi connectivity index (χ0) is 13.1. The first-order valence-corrected chi connectivity index (χ1v) is 9.55. The Balaban J connectivity index is 0.000000293. The van der Waals surface area contributed by atoms with Crippen LogP contribution < -0.4 is 0 Å². The van der Waals surface area contributed by atoms with Crippen LogP contribution in [0.1, 0.15) is 5.56 Å². The maximum atomic E-state index is 9.93. The maximum absolute atomic E-state index is 11.2. The summed E-state index contributed by atoms with van der Waals surface area (Å²) in [7, 11) is 0. The van der Waals surface area contributed by atoms with E-state index in [-0.39, 0.29) is 0 Å². The summed E-state index contributed by atoms with van der Waals surface area (Å²) in [6.45, 7) is 1.95. The van der Waals surface area contributed by atoms with Crippen molar-refractivity contribution < 1.29 is 16.9 Å². The molecule has 0 amide bonds. The van der Waals surface area contributed by atoms with Crippen molar-refractivity contribution in [1.29, 1.82) is 5.39 Å². The van der Waals surface area contributed by atoms with Gasteiger partial charge in [0.25, 0.3) is 0 Å². The van der Waals surface area contributed by atoms with Crippen LogP contribution in [0.4, 0.5) is 22.6 Å². The Morgan fingerprint density at radius 2 is 1.50 bits per heavy atom. The summed E-state index contributed by atoms with van der Waals surface area (Å²) in [5.41, 5.74) is 1.71. The van der Waals surface area contributed by atoms with E-state index in [1.54, 1.807) is 12.1 Å². The van der Waals surface area contributed by atoms with Crippen molar-refractivity contribution in [2.45, 2.75) is 6.92 Å². The first-order chi connectivity index (χ1) is 6.78. The predicted octanol–water partition coefficient (Wildman–Crippen LogP) is 4.62. The molecule has 1 rings (SSSR count). The Morgan fingerprint density at radius 3 is 1.75 bits per heavy atom. The number of halogens is 6. The minimum atomic E-state index is -11.2. The summed E-state index contributed by atoms with van der Waals surface area (Å²) in [4.78, 5) is 3.03. The van der Waals surface area contributed by atoms with E-state index in [1.165, 1.54) is 0 Å². The predicted molar refractivity (Wildman–Crippen MR) is 48.3 cm³/mol. The van der Waals surface area contributed by atoms with Crippen molar-refractivity contribution in [3.8, 4) is 0 Å². The Hall–Kier alpha value is -0.962. The van der Waals surface area contributed by atoms with E-state index in [2.05, 4.69) is 4.98 Å². The number of diazo groups is 1. The summed E-state index contributed by atoms with van der Waals surface area (Å²) < 4.78 is 59.6. The molecular formula is C7H7F6N2Sb. The molecule has 0 saturated heterocycles. The molecule has 0 aliphatic heterocycles. The van der Waals surface area contributed by atoms with Crippen LogP contribution in [0.5, 0.6) is 0 Å². The molecule has 0 aromatic heterocycles. The van der Waals surface area contributed by atoms with Crippen molar-refractivity contribution in [1.82, 2.24) is 0 Å². The molecule has 0 heterocycles. The van der Waals surface area contributed by atoms with Crippen molar-refractivity contribution >= 4 is 25.2 Å². The summed E-state index contributed by atoms with van der Waals surface area (Å²) in [6.07, 6.45) is 0. The average molecular weight is 355 g/mol.